The number of ether oxygens (including phenoxy) is 1. The number of allylic oxidation sites excluding steroid dienone is 1. The molecule has 0 aliphatic carbocycles. The average Bonchev–Trinajstić information content (AvgIpc) is 2.16. The molecule has 0 fully saturated rings. The van der Waals surface area contributed by atoms with E-state index in [0.29, 0.717) is 0 Å². The Morgan fingerprint density at radius 2 is 2.07 bits per heavy atom. The summed E-state index contributed by atoms with van der Waals surface area (Å²) in [4.78, 5) is 0. The first-order chi connectivity index (χ1) is 6.62. The van der Waals surface area contributed by atoms with Crippen LogP contribution in [-0.4, -0.2) is 22.7 Å². The van der Waals surface area contributed by atoms with E-state index in [4.69, 9.17) is 9.16 Å². The zero-order valence-electron chi connectivity index (χ0n) is 10.0. The lowest BCUT2D eigenvalue weighted by molar-refractivity contribution is 0.0815. The SMILES string of the molecule is CCCCC=COCCC(C)(C)O[SiH3]. The van der Waals surface area contributed by atoms with Crippen LogP contribution in [0.5, 0.6) is 0 Å². The summed E-state index contributed by atoms with van der Waals surface area (Å²) in [5, 5.41) is 0. The minimum atomic E-state index is -0.0104. The Labute approximate surface area is 91.2 Å². The molecule has 0 spiro atoms. The first-order valence-electron chi connectivity index (χ1n) is 5.44. The van der Waals surface area contributed by atoms with Crippen molar-refractivity contribution >= 4 is 10.5 Å². The molecule has 0 radical (unpaired) electrons. The van der Waals surface area contributed by atoms with Crippen LogP contribution in [0, 0.1) is 0 Å². The van der Waals surface area contributed by atoms with Crippen molar-refractivity contribution < 1.29 is 9.16 Å². The Morgan fingerprint density at radius 1 is 1.36 bits per heavy atom. The van der Waals surface area contributed by atoms with Gasteiger partial charge in [-0.1, -0.05) is 13.3 Å². The van der Waals surface area contributed by atoms with E-state index in [2.05, 4.69) is 26.8 Å². The molecule has 84 valence electrons. The van der Waals surface area contributed by atoms with Crippen LogP contribution in [0.25, 0.3) is 0 Å². The molecule has 0 aromatic rings. The highest BCUT2D eigenvalue weighted by Gasteiger charge is 2.14. The lowest BCUT2D eigenvalue weighted by Gasteiger charge is -2.22. The summed E-state index contributed by atoms with van der Waals surface area (Å²) in [5.41, 5.74) is -0.0104. The lowest BCUT2D eigenvalue weighted by Crippen LogP contribution is -2.24. The monoisotopic (exact) mass is 216 g/mol. The van der Waals surface area contributed by atoms with Crippen LogP contribution in [-0.2, 0) is 9.16 Å². The number of hydrogen-bond acceptors (Lipinski definition) is 2. The van der Waals surface area contributed by atoms with E-state index >= 15 is 0 Å². The van der Waals surface area contributed by atoms with Crippen LogP contribution in [0.1, 0.15) is 46.5 Å². The molecule has 0 atom stereocenters. The van der Waals surface area contributed by atoms with Gasteiger partial charge in [0.1, 0.15) is 10.5 Å². The van der Waals surface area contributed by atoms with E-state index in [1.807, 2.05) is 6.26 Å². The summed E-state index contributed by atoms with van der Waals surface area (Å²) in [6.45, 7) is 7.14. The number of hydrogen-bond donors (Lipinski definition) is 0. The highest BCUT2D eigenvalue weighted by molar-refractivity contribution is 5.98. The Kier molecular flexibility index (Phi) is 7.90. The van der Waals surface area contributed by atoms with Crippen LogP contribution in [0.3, 0.4) is 0 Å². The van der Waals surface area contributed by atoms with Crippen LogP contribution >= 0.6 is 0 Å². The van der Waals surface area contributed by atoms with Crippen LogP contribution in [0.4, 0.5) is 0 Å². The van der Waals surface area contributed by atoms with Crippen molar-refractivity contribution in [1.82, 2.24) is 0 Å². The molecule has 0 saturated carbocycles. The quantitative estimate of drug-likeness (QED) is 0.352. The Bertz CT molecular complexity index is 155. The van der Waals surface area contributed by atoms with Gasteiger partial charge in [-0.2, -0.15) is 0 Å². The van der Waals surface area contributed by atoms with Crippen molar-refractivity contribution in [2.45, 2.75) is 52.1 Å². The molecule has 0 heterocycles. The van der Waals surface area contributed by atoms with Crippen LogP contribution < -0.4 is 0 Å². The van der Waals surface area contributed by atoms with Gasteiger partial charge in [0.2, 0.25) is 0 Å². The van der Waals surface area contributed by atoms with Gasteiger partial charge in [0.25, 0.3) is 0 Å². The summed E-state index contributed by atoms with van der Waals surface area (Å²) < 4.78 is 10.8. The van der Waals surface area contributed by atoms with Gasteiger partial charge in [0.15, 0.2) is 0 Å². The Balaban J connectivity index is 3.33. The van der Waals surface area contributed by atoms with Crippen molar-refractivity contribution in [1.29, 1.82) is 0 Å². The molecule has 0 bridgehead atoms. The van der Waals surface area contributed by atoms with E-state index in [1.165, 1.54) is 12.8 Å². The van der Waals surface area contributed by atoms with Crippen molar-refractivity contribution in [2.75, 3.05) is 6.61 Å². The van der Waals surface area contributed by atoms with Crippen molar-refractivity contribution in [3.63, 3.8) is 0 Å². The maximum Gasteiger partial charge on any atom is 0.146 e. The summed E-state index contributed by atoms with van der Waals surface area (Å²) in [7, 11) is 0.794. The third kappa shape index (κ3) is 8.32. The second-order valence-corrected chi connectivity index (χ2v) is 4.51. The molecule has 0 unspecified atom stereocenters. The van der Waals surface area contributed by atoms with Crippen LogP contribution in [0.2, 0.25) is 0 Å². The minimum absolute atomic E-state index is 0.0104. The van der Waals surface area contributed by atoms with Crippen molar-refractivity contribution in [3.05, 3.63) is 12.3 Å². The molecule has 14 heavy (non-hydrogen) atoms. The highest BCUT2D eigenvalue weighted by Crippen LogP contribution is 2.12. The normalized spacial score (nSPS) is 12.5. The first kappa shape index (κ1) is 13.7. The lowest BCUT2D eigenvalue weighted by atomic mass is 10.1. The first-order valence-corrected chi connectivity index (χ1v) is 6.26. The fourth-order valence-corrected chi connectivity index (χ4v) is 1.14. The molecule has 0 aromatic carbocycles. The van der Waals surface area contributed by atoms with E-state index in [0.717, 1.165) is 29.9 Å². The molecule has 3 heteroatoms. The third-order valence-corrected chi connectivity index (χ3v) is 3.40. The summed E-state index contributed by atoms with van der Waals surface area (Å²) in [6.07, 6.45) is 8.48. The Hall–Kier alpha value is -0.283. The van der Waals surface area contributed by atoms with Crippen molar-refractivity contribution in [2.24, 2.45) is 0 Å². The molecular formula is C11H24O2Si. The molecule has 0 N–H and O–H groups in total. The topological polar surface area (TPSA) is 18.5 Å². The molecule has 0 aliphatic heterocycles. The van der Waals surface area contributed by atoms with Gasteiger partial charge in [0.05, 0.1) is 18.5 Å². The maximum absolute atomic E-state index is 5.42. The second kappa shape index (κ2) is 8.06. The van der Waals surface area contributed by atoms with E-state index < -0.39 is 0 Å². The number of unbranched alkanes of at least 4 members (excludes halogenated alkanes) is 2. The zero-order valence-corrected chi connectivity index (χ0v) is 12.0. The molecule has 0 amide bonds. The molecule has 0 saturated heterocycles. The molecular weight excluding hydrogens is 192 g/mol. The fourth-order valence-electron chi connectivity index (χ4n) is 0.933. The van der Waals surface area contributed by atoms with Gasteiger partial charge in [-0.3, -0.25) is 0 Å². The predicted octanol–water partition coefficient (Wildman–Crippen LogP) is 2.17. The van der Waals surface area contributed by atoms with Crippen molar-refractivity contribution in [3.8, 4) is 0 Å². The van der Waals surface area contributed by atoms with Gasteiger partial charge < -0.3 is 9.16 Å². The molecule has 0 aliphatic rings. The summed E-state index contributed by atoms with van der Waals surface area (Å²) >= 11 is 0. The molecule has 2 nitrogen and oxygen atoms in total. The predicted molar refractivity (Wildman–Crippen MR) is 64.3 cm³/mol. The molecule has 0 aromatic heterocycles. The fraction of sp³-hybridized carbons (Fsp3) is 0.818. The molecule has 0 rings (SSSR count). The van der Waals surface area contributed by atoms with Gasteiger partial charge in [-0.15, -0.1) is 0 Å². The van der Waals surface area contributed by atoms with Gasteiger partial charge in [-0.05, 0) is 32.8 Å². The summed E-state index contributed by atoms with van der Waals surface area (Å²) in [5.74, 6) is 0. The highest BCUT2D eigenvalue weighted by atomic mass is 28.2. The van der Waals surface area contributed by atoms with Gasteiger partial charge in [-0.25, -0.2) is 0 Å². The average molecular weight is 216 g/mol. The smallest absolute Gasteiger partial charge is 0.146 e. The van der Waals surface area contributed by atoms with Gasteiger partial charge in [0, 0.05) is 6.42 Å². The minimum Gasteiger partial charge on any atom is -0.501 e. The van der Waals surface area contributed by atoms with E-state index in [9.17, 15) is 0 Å². The number of rotatable bonds is 8. The summed E-state index contributed by atoms with van der Waals surface area (Å²) in [6, 6.07) is 0. The standard InChI is InChI=1S/C11H24O2Si/c1-4-5-6-7-9-12-10-8-11(2,3)13-14/h7,9H,4-6,8,10H2,1-3,14H3. The zero-order chi connectivity index (χ0) is 10.9. The maximum atomic E-state index is 5.42. The third-order valence-electron chi connectivity index (χ3n) is 2.29. The van der Waals surface area contributed by atoms with E-state index in [-0.39, 0.29) is 5.60 Å². The second-order valence-electron chi connectivity index (χ2n) is 4.10. The van der Waals surface area contributed by atoms with E-state index in [1.54, 1.807) is 0 Å². The van der Waals surface area contributed by atoms with Gasteiger partial charge >= 0.3 is 0 Å². The Morgan fingerprint density at radius 3 is 2.64 bits per heavy atom. The largest absolute Gasteiger partial charge is 0.501 e. The van der Waals surface area contributed by atoms with Crippen LogP contribution in [0.15, 0.2) is 12.3 Å².